The van der Waals surface area contributed by atoms with Crippen LogP contribution in [0, 0.1) is 0 Å². The molecule has 25 heavy (non-hydrogen) atoms. The first-order valence-corrected chi connectivity index (χ1v) is 10.3. The van der Waals surface area contributed by atoms with Crippen LogP contribution in [0.5, 0.6) is 0 Å². The molecule has 5 nitrogen and oxygen atoms in total. The number of aromatic nitrogens is 1. The molecule has 0 unspecified atom stereocenters. The van der Waals surface area contributed by atoms with E-state index in [0.29, 0.717) is 4.75 Å². The molecular weight excluding hydrogens is 330 g/mol. The molecule has 0 aromatic carbocycles. The van der Waals surface area contributed by atoms with Gasteiger partial charge in [-0.05, 0) is 18.9 Å². The van der Waals surface area contributed by atoms with Crippen LogP contribution in [-0.4, -0.2) is 60.6 Å². The van der Waals surface area contributed by atoms with Gasteiger partial charge in [0.05, 0.1) is 0 Å². The fourth-order valence-electron chi connectivity index (χ4n) is 4.00. The van der Waals surface area contributed by atoms with Gasteiger partial charge in [0, 0.05) is 63.0 Å². The maximum absolute atomic E-state index is 4.57. The van der Waals surface area contributed by atoms with Crippen LogP contribution < -0.4 is 10.2 Å². The van der Waals surface area contributed by atoms with Gasteiger partial charge in [0.25, 0.3) is 0 Å². The second-order valence-corrected chi connectivity index (χ2v) is 8.86. The first-order chi connectivity index (χ1) is 12.1. The number of rotatable bonds is 3. The lowest BCUT2D eigenvalue weighted by Crippen LogP contribution is -2.53. The number of nitrogens with one attached hydrogen (secondary N) is 1. The number of nitrogens with zero attached hydrogens (tertiary/aromatic N) is 4. The lowest BCUT2D eigenvalue weighted by molar-refractivity contribution is 0.293. The molecule has 1 saturated heterocycles. The Morgan fingerprint density at radius 3 is 2.88 bits per heavy atom. The Morgan fingerprint density at radius 1 is 1.36 bits per heavy atom. The lowest BCUT2D eigenvalue weighted by atomic mass is 9.87. The van der Waals surface area contributed by atoms with Crippen molar-refractivity contribution in [1.29, 1.82) is 0 Å². The van der Waals surface area contributed by atoms with E-state index in [1.165, 1.54) is 43.4 Å². The highest BCUT2D eigenvalue weighted by molar-refractivity contribution is 8.00. The summed E-state index contributed by atoms with van der Waals surface area (Å²) in [5.74, 6) is 3.25. The lowest BCUT2D eigenvalue weighted by Gasteiger charge is -2.45. The van der Waals surface area contributed by atoms with E-state index < -0.39 is 0 Å². The topological polar surface area (TPSA) is 43.8 Å². The summed E-state index contributed by atoms with van der Waals surface area (Å²) in [6.07, 6.45) is 8.74. The largest absolute Gasteiger partial charge is 0.362 e. The van der Waals surface area contributed by atoms with Crippen LogP contribution in [0.2, 0.25) is 0 Å². The summed E-state index contributed by atoms with van der Waals surface area (Å²) in [7, 11) is 5.97. The average molecular weight is 362 g/mol. The minimum absolute atomic E-state index is 0.456. The molecule has 2 aliphatic rings. The van der Waals surface area contributed by atoms with E-state index >= 15 is 0 Å². The second kappa shape index (κ2) is 8.30. The van der Waals surface area contributed by atoms with Gasteiger partial charge in [-0.15, -0.1) is 0 Å². The molecule has 1 aliphatic heterocycles. The molecule has 1 N–H and O–H groups in total. The SMILES string of the molecule is CN=C(NCc1cccnc1N(C)C)N1CCSC2(CCCCC2)C1. The van der Waals surface area contributed by atoms with E-state index in [-0.39, 0.29) is 0 Å². The van der Waals surface area contributed by atoms with E-state index in [4.69, 9.17) is 0 Å². The standard InChI is InChI=1S/C19H31N5S/c1-20-18(22-14-16-8-7-11-21-17(16)23(2)3)24-12-13-25-19(15-24)9-5-4-6-10-19/h7-8,11H,4-6,9-10,12-15H2,1-3H3,(H,20,22). The zero-order valence-electron chi connectivity index (χ0n) is 15.8. The zero-order valence-corrected chi connectivity index (χ0v) is 16.6. The fourth-order valence-corrected chi connectivity index (χ4v) is 5.57. The van der Waals surface area contributed by atoms with Gasteiger partial charge in [0.2, 0.25) is 0 Å². The molecule has 138 valence electrons. The summed E-state index contributed by atoms with van der Waals surface area (Å²) in [6.45, 7) is 2.97. The molecular formula is C19H31N5S. The highest BCUT2D eigenvalue weighted by Crippen LogP contribution is 2.42. The predicted molar refractivity (Wildman–Crippen MR) is 109 cm³/mol. The van der Waals surface area contributed by atoms with E-state index in [0.717, 1.165) is 31.4 Å². The number of anilines is 1. The molecule has 2 fully saturated rings. The summed E-state index contributed by atoms with van der Waals surface area (Å²) in [4.78, 5) is 13.6. The molecule has 3 rings (SSSR count). The molecule has 0 radical (unpaired) electrons. The maximum Gasteiger partial charge on any atom is 0.193 e. The zero-order chi connectivity index (χ0) is 17.7. The molecule has 0 bridgehead atoms. The number of guanidine groups is 1. The molecule has 1 saturated carbocycles. The number of aliphatic imine (C=N–C) groups is 1. The van der Waals surface area contributed by atoms with Gasteiger partial charge >= 0.3 is 0 Å². The molecule has 0 amide bonds. The van der Waals surface area contributed by atoms with Gasteiger partial charge in [-0.2, -0.15) is 11.8 Å². The minimum atomic E-state index is 0.456. The van der Waals surface area contributed by atoms with Crippen LogP contribution in [0.3, 0.4) is 0 Å². The van der Waals surface area contributed by atoms with Crippen LogP contribution >= 0.6 is 11.8 Å². The molecule has 2 heterocycles. The van der Waals surface area contributed by atoms with Crippen molar-refractivity contribution >= 4 is 23.5 Å². The Morgan fingerprint density at radius 2 is 2.16 bits per heavy atom. The molecule has 1 aliphatic carbocycles. The van der Waals surface area contributed by atoms with Gasteiger partial charge in [0.1, 0.15) is 5.82 Å². The summed E-state index contributed by atoms with van der Waals surface area (Å²) < 4.78 is 0.456. The van der Waals surface area contributed by atoms with E-state index in [1.807, 2.05) is 33.4 Å². The number of hydrogen-bond donors (Lipinski definition) is 1. The van der Waals surface area contributed by atoms with Crippen molar-refractivity contribution in [3.63, 3.8) is 0 Å². The molecule has 6 heteroatoms. The van der Waals surface area contributed by atoms with Crippen LogP contribution in [0.25, 0.3) is 0 Å². The Kier molecular flexibility index (Phi) is 6.10. The minimum Gasteiger partial charge on any atom is -0.362 e. The van der Waals surface area contributed by atoms with E-state index in [1.54, 1.807) is 0 Å². The summed E-state index contributed by atoms with van der Waals surface area (Å²) in [5.41, 5.74) is 1.20. The average Bonchev–Trinajstić information content (AvgIpc) is 2.63. The highest BCUT2D eigenvalue weighted by atomic mass is 32.2. The van der Waals surface area contributed by atoms with Crippen LogP contribution in [-0.2, 0) is 6.54 Å². The van der Waals surface area contributed by atoms with Crippen molar-refractivity contribution in [2.45, 2.75) is 43.4 Å². The predicted octanol–water partition coefficient (Wildman–Crippen LogP) is 2.97. The smallest absolute Gasteiger partial charge is 0.193 e. The fraction of sp³-hybridized carbons (Fsp3) is 0.684. The Balaban J connectivity index is 1.65. The van der Waals surface area contributed by atoms with E-state index in [9.17, 15) is 0 Å². The van der Waals surface area contributed by atoms with Crippen molar-refractivity contribution in [3.05, 3.63) is 23.9 Å². The van der Waals surface area contributed by atoms with Crippen molar-refractivity contribution in [1.82, 2.24) is 15.2 Å². The van der Waals surface area contributed by atoms with Crippen LogP contribution in [0.4, 0.5) is 5.82 Å². The van der Waals surface area contributed by atoms with Gasteiger partial charge in [-0.1, -0.05) is 25.3 Å². The molecule has 1 spiro atoms. The van der Waals surface area contributed by atoms with Gasteiger partial charge in [-0.25, -0.2) is 4.98 Å². The van der Waals surface area contributed by atoms with Crippen LogP contribution in [0.15, 0.2) is 23.3 Å². The monoisotopic (exact) mass is 361 g/mol. The third-order valence-electron chi connectivity index (χ3n) is 5.25. The van der Waals surface area contributed by atoms with Gasteiger partial charge < -0.3 is 15.1 Å². The Bertz CT molecular complexity index is 590. The van der Waals surface area contributed by atoms with Crippen molar-refractivity contribution < 1.29 is 0 Å². The molecule has 1 aromatic heterocycles. The summed E-state index contributed by atoms with van der Waals surface area (Å²) >= 11 is 2.20. The van der Waals surface area contributed by atoms with Crippen molar-refractivity contribution in [2.75, 3.05) is 44.9 Å². The first-order valence-electron chi connectivity index (χ1n) is 9.34. The Hall–Kier alpha value is -1.43. The molecule has 1 aromatic rings. The molecule has 0 atom stereocenters. The summed E-state index contributed by atoms with van der Waals surface area (Å²) in [5, 5.41) is 3.57. The normalized spacial score (nSPS) is 20.6. The second-order valence-electron chi connectivity index (χ2n) is 7.30. The first kappa shape index (κ1) is 18.4. The third kappa shape index (κ3) is 4.40. The number of pyridine rings is 1. The third-order valence-corrected chi connectivity index (χ3v) is 6.79. The van der Waals surface area contributed by atoms with E-state index in [2.05, 4.69) is 42.9 Å². The Labute approximate surface area is 156 Å². The number of thioether (sulfide) groups is 1. The van der Waals surface area contributed by atoms with Crippen LogP contribution in [0.1, 0.15) is 37.7 Å². The maximum atomic E-state index is 4.57. The van der Waals surface area contributed by atoms with Crippen molar-refractivity contribution in [2.24, 2.45) is 4.99 Å². The van der Waals surface area contributed by atoms with Crippen molar-refractivity contribution in [3.8, 4) is 0 Å². The number of hydrogen-bond acceptors (Lipinski definition) is 4. The highest BCUT2D eigenvalue weighted by Gasteiger charge is 2.38. The van der Waals surface area contributed by atoms with Gasteiger partial charge in [0.15, 0.2) is 5.96 Å². The summed E-state index contributed by atoms with van der Waals surface area (Å²) in [6, 6.07) is 4.14. The van der Waals surface area contributed by atoms with Gasteiger partial charge in [-0.3, -0.25) is 4.99 Å². The quantitative estimate of drug-likeness (QED) is 0.662.